The first-order valence-corrected chi connectivity index (χ1v) is 5.08. The van der Waals surface area contributed by atoms with Crippen molar-refractivity contribution < 1.29 is 9.53 Å². The molecule has 0 heterocycles. The largest absolute Gasteiger partial charge is 0.456 e. The molecule has 0 aromatic heterocycles. The highest BCUT2D eigenvalue weighted by Gasteiger charge is 2.35. The highest BCUT2D eigenvalue weighted by molar-refractivity contribution is 5.81. The summed E-state index contributed by atoms with van der Waals surface area (Å²) in [4.78, 5) is 11.1. The van der Waals surface area contributed by atoms with Gasteiger partial charge in [0.25, 0.3) is 0 Å². The predicted molar refractivity (Wildman–Crippen MR) is 52.4 cm³/mol. The summed E-state index contributed by atoms with van der Waals surface area (Å²) < 4.78 is 5.43. The van der Waals surface area contributed by atoms with E-state index in [0.29, 0.717) is 0 Å². The lowest BCUT2D eigenvalue weighted by Crippen LogP contribution is -2.31. The first-order valence-electron chi connectivity index (χ1n) is 5.08. The van der Waals surface area contributed by atoms with Crippen LogP contribution in [0.5, 0.6) is 0 Å². The Morgan fingerprint density at radius 1 is 1.54 bits per heavy atom. The normalized spacial score (nSPS) is 19.8. The second kappa shape index (κ2) is 4.45. The molecule has 0 bridgehead atoms. The molecule has 0 aromatic rings. The van der Waals surface area contributed by atoms with Crippen LogP contribution in [0.2, 0.25) is 0 Å². The molecule has 0 atom stereocenters. The summed E-state index contributed by atoms with van der Waals surface area (Å²) >= 11 is 0. The van der Waals surface area contributed by atoms with Crippen molar-refractivity contribution >= 4 is 5.97 Å². The Balaban J connectivity index is 2.55. The lowest BCUT2D eigenvalue weighted by molar-refractivity contribution is -0.153. The van der Waals surface area contributed by atoms with Gasteiger partial charge in [0.1, 0.15) is 5.60 Å². The Hall–Kier alpha value is -0.790. The van der Waals surface area contributed by atoms with Gasteiger partial charge in [0, 0.05) is 6.08 Å². The van der Waals surface area contributed by atoms with Crippen molar-refractivity contribution in [3.63, 3.8) is 0 Å². The third-order valence-electron chi connectivity index (χ3n) is 2.70. The summed E-state index contributed by atoms with van der Waals surface area (Å²) in [5, 5.41) is 0. The fourth-order valence-electron chi connectivity index (χ4n) is 2.13. The van der Waals surface area contributed by atoms with Crippen LogP contribution >= 0.6 is 0 Å². The van der Waals surface area contributed by atoms with Crippen molar-refractivity contribution in [2.75, 3.05) is 0 Å². The maximum Gasteiger partial charge on any atom is 0.330 e. The molecule has 0 N–H and O–H groups in total. The Labute approximate surface area is 80.0 Å². The molecular weight excluding hydrogens is 164 g/mol. The van der Waals surface area contributed by atoms with E-state index in [-0.39, 0.29) is 11.6 Å². The lowest BCUT2D eigenvalue weighted by atomic mass is 9.96. The van der Waals surface area contributed by atoms with E-state index in [0.717, 1.165) is 25.7 Å². The lowest BCUT2D eigenvalue weighted by Gasteiger charge is -2.28. The smallest absolute Gasteiger partial charge is 0.330 e. The van der Waals surface area contributed by atoms with Crippen LogP contribution in [0.4, 0.5) is 0 Å². The number of ether oxygens (including phenoxy) is 1. The quantitative estimate of drug-likeness (QED) is 0.493. The second-order valence-electron chi connectivity index (χ2n) is 3.77. The van der Waals surface area contributed by atoms with Gasteiger partial charge >= 0.3 is 5.97 Å². The number of hydrogen-bond acceptors (Lipinski definition) is 2. The number of carbonyl (C=O) groups is 1. The Morgan fingerprint density at radius 3 is 2.62 bits per heavy atom. The van der Waals surface area contributed by atoms with Gasteiger partial charge < -0.3 is 4.74 Å². The molecular formula is C11H18O2. The average molecular weight is 182 g/mol. The zero-order valence-electron chi connectivity index (χ0n) is 8.34. The van der Waals surface area contributed by atoms with E-state index in [1.807, 2.05) is 0 Å². The topological polar surface area (TPSA) is 26.3 Å². The Kier molecular flexibility index (Phi) is 3.52. The van der Waals surface area contributed by atoms with Crippen LogP contribution < -0.4 is 0 Å². The van der Waals surface area contributed by atoms with Crippen LogP contribution in [0.3, 0.4) is 0 Å². The van der Waals surface area contributed by atoms with Crippen molar-refractivity contribution in [1.82, 2.24) is 0 Å². The first-order chi connectivity index (χ1) is 6.22. The molecule has 2 nitrogen and oxygen atoms in total. The molecule has 0 amide bonds. The van der Waals surface area contributed by atoms with Crippen LogP contribution in [-0.2, 0) is 9.53 Å². The van der Waals surface area contributed by atoms with Crippen molar-refractivity contribution in [2.24, 2.45) is 0 Å². The van der Waals surface area contributed by atoms with Gasteiger partial charge in [-0.05, 0) is 32.1 Å². The summed E-state index contributed by atoms with van der Waals surface area (Å²) in [7, 11) is 0. The van der Waals surface area contributed by atoms with Crippen molar-refractivity contribution in [3.8, 4) is 0 Å². The Morgan fingerprint density at radius 2 is 2.15 bits per heavy atom. The predicted octanol–water partition coefficient (Wildman–Crippen LogP) is 2.83. The van der Waals surface area contributed by atoms with E-state index >= 15 is 0 Å². The van der Waals surface area contributed by atoms with Crippen molar-refractivity contribution in [1.29, 1.82) is 0 Å². The van der Waals surface area contributed by atoms with Gasteiger partial charge in [0.2, 0.25) is 0 Å². The molecule has 0 aliphatic heterocycles. The second-order valence-corrected chi connectivity index (χ2v) is 3.77. The summed E-state index contributed by atoms with van der Waals surface area (Å²) in [6.45, 7) is 5.55. The van der Waals surface area contributed by atoms with Crippen molar-refractivity contribution in [3.05, 3.63) is 12.7 Å². The summed E-state index contributed by atoms with van der Waals surface area (Å²) in [5.74, 6) is -0.268. The highest BCUT2D eigenvalue weighted by Crippen LogP contribution is 2.37. The maximum absolute atomic E-state index is 11.1. The number of esters is 1. The minimum Gasteiger partial charge on any atom is -0.456 e. The first kappa shape index (κ1) is 10.3. The molecule has 2 heteroatoms. The van der Waals surface area contributed by atoms with Crippen LogP contribution in [0, 0.1) is 0 Å². The molecule has 1 aliphatic rings. The van der Waals surface area contributed by atoms with Crippen LogP contribution in [0.15, 0.2) is 12.7 Å². The van der Waals surface area contributed by atoms with Crippen LogP contribution in [0.25, 0.3) is 0 Å². The van der Waals surface area contributed by atoms with E-state index in [1.54, 1.807) is 0 Å². The number of carbonyl (C=O) groups excluding carboxylic acids is 1. The molecule has 0 aromatic carbocycles. The van der Waals surface area contributed by atoms with Crippen LogP contribution in [-0.4, -0.2) is 11.6 Å². The van der Waals surface area contributed by atoms with E-state index in [9.17, 15) is 4.79 Å². The zero-order valence-corrected chi connectivity index (χ0v) is 8.34. The van der Waals surface area contributed by atoms with Crippen molar-refractivity contribution in [2.45, 2.75) is 51.0 Å². The number of rotatable bonds is 4. The molecule has 1 fully saturated rings. The third-order valence-corrected chi connectivity index (χ3v) is 2.70. The van der Waals surface area contributed by atoms with Gasteiger partial charge in [0.05, 0.1) is 0 Å². The minimum atomic E-state index is -0.268. The standard InChI is InChI=1S/C11H18O2/c1-3-7-11(8-5-6-9-11)13-10(12)4-2/h4H,2-3,5-9H2,1H3. The fourth-order valence-corrected chi connectivity index (χ4v) is 2.13. The van der Waals surface area contributed by atoms with Gasteiger partial charge in [-0.1, -0.05) is 19.9 Å². The molecule has 74 valence electrons. The molecule has 1 saturated carbocycles. The molecule has 1 rings (SSSR count). The summed E-state index contributed by atoms with van der Waals surface area (Å²) in [5.41, 5.74) is -0.153. The zero-order chi connectivity index (χ0) is 9.73. The third kappa shape index (κ3) is 2.58. The minimum absolute atomic E-state index is 0.153. The molecule has 13 heavy (non-hydrogen) atoms. The average Bonchev–Trinajstić information content (AvgIpc) is 2.54. The van der Waals surface area contributed by atoms with E-state index in [2.05, 4.69) is 13.5 Å². The van der Waals surface area contributed by atoms with Gasteiger partial charge in [-0.15, -0.1) is 0 Å². The fraction of sp³-hybridized carbons (Fsp3) is 0.727. The summed E-state index contributed by atoms with van der Waals surface area (Å²) in [6, 6.07) is 0. The van der Waals surface area contributed by atoms with Gasteiger partial charge in [0.15, 0.2) is 0 Å². The maximum atomic E-state index is 11.1. The van der Waals surface area contributed by atoms with Gasteiger partial charge in [-0.2, -0.15) is 0 Å². The van der Waals surface area contributed by atoms with E-state index in [1.165, 1.54) is 18.9 Å². The molecule has 0 unspecified atom stereocenters. The van der Waals surface area contributed by atoms with Gasteiger partial charge in [-0.25, -0.2) is 4.79 Å². The molecule has 0 spiro atoms. The Bertz CT molecular complexity index is 190. The monoisotopic (exact) mass is 182 g/mol. The summed E-state index contributed by atoms with van der Waals surface area (Å²) in [6.07, 6.45) is 7.75. The van der Waals surface area contributed by atoms with Gasteiger partial charge in [-0.3, -0.25) is 0 Å². The van der Waals surface area contributed by atoms with E-state index in [4.69, 9.17) is 4.74 Å². The van der Waals surface area contributed by atoms with E-state index < -0.39 is 0 Å². The molecule has 1 aliphatic carbocycles. The molecule has 0 saturated heterocycles. The van der Waals surface area contributed by atoms with Crippen LogP contribution in [0.1, 0.15) is 45.4 Å². The number of hydrogen-bond donors (Lipinski definition) is 0. The SMILES string of the molecule is C=CC(=O)OC1(CCC)CCCC1. The highest BCUT2D eigenvalue weighted by atomic mass is 16.6. The molecule has 0 radical (unpaired) electrons.